The monoisotopic (exact) mass is 276 g/mol. The van der Waals surface area contributed by atoms with Gasteiger partial charge in [0.05, 0.1) is 6.61 Å². The fourth-order valence-corrected chi connectivity index (χ4v) is 1.27. The molecule has 0 aliphatic carbocycles. The highest BCUT2D eigenvalue weighted by molar-refractivity contribution is 5.70. The van der Waals surface area contributed by atoms with Crippen LogP contribution in [-0.2, 0) is 23.7 Å². The Kier molecular flexibility index (Phi) is 12.0. The van der Waals surface area contributed by atoms with E-state index in [0.29, 0.717) is 13.2 Å². The second kappa shape index (κ2) is 12.4. The van der Waals surface area contributed by atoms with E-state index in [4.69, 9.17) is 18.9 Å². The number of rotatable bonds is 12. The van der Waals surface area contributed by atoms with Crippen molar-refractivity contribution in [3.05, 3.63) is 0 Å². The lowest BCUT2D eigenvalue weighted by Gasteiger charge is -2.16. The van der Waals surface area contributed by atoms with Gasteiger partial charge in [0.15, 0.2) is 12.6 Å². The van der Waals surface area contributed by atoms with Gasteiger partial charge in [-0.3, -0.25) is 0 Å². The van der Waals surface area contributed by atoms with E-state index >= 15 is 0 Å². The summed E-state index contributed by atoms with van der Waals surface area (Å²) in [5.41, 5.74) is 0. The molecule has 0 saturated heterocycles. The van der Waals surface area contributed by atoms with E-state index in [2.05, 4.69) is 13.8 Å². The molecule has 0 aliphatic heterocycles. The first-order valence-corrected chi connectivity index (χ1v) is 7.14. The Morgan fingerprint density at radius 2 is 1.42 bits per heavy atom. The Morgan fingerprint density at radius 1 is 0.895 bits per heavy atom. The molecule has 0 aromatic rings. The smallest absolute Gasteiger partial charge is 0.334 e. The van der Waals surface area contributed by atoms with E-state index in [-0.39, 0.29) is 6.61 Å². The Balaban J connectivity index is 3.56. The van der Waals surface area contributed by atoms with E-state index in [0.717, 1.165) is 25.7 Å². The normalized spacial score (nSPS) is 14.1. The summed E-state index contributed by atoms with van der Waals surface area (Å²) >= 11 is 0. The van der Waals surface area contributed by atoms with Gasteiger partial charge in [-0.15, -0.1) is 0 Å². The molecule has 0 rings (SSSR count). The lowest BCUT2D eigenvalue weighted by Crippen LogP contribution is -2.25. The number of hydrogen-bond donors (Lipinski definition) is 0. The van der Waals surface area contributed by atoms with Crippen molar-refractivity contribution < 1.29 is 23.7 Å². The average molecular weight is 276 g/mol. The highest BCUT2D eigenvalue weighted by Gasteiger charge is 2.11. The molecule has 0 amide bonds. The summed E-state index contributed by atoms with van der Waals surface area (Å²) in [4.78, 5) is 11.4. The third-order valence-electron chi connectivity index (χ3n) is 2.43. The molecule has 0 aliphatic rings. The molecular formula is C14H28O5. The van der Waals surface area contributed by atoms with Gasteiger partial charge in [0, 0.05) is 6.61 Å². The zero-order chi connectivity index (χ0) is 14.5. The molecule has 0 saturated carbocycles. The second-order valence-electron chi connectivity index (χ2n) is 4.38. The first-order valence-electron chi connectivity index (χ1n) is 7.14. The molecule has 114 valence electrons. The molecule has 0 bridgehead atoms. The zero-order valence-corrected chi connectivity index (χ0v) is 12.6. The number of ether oxygens (including phenoxy) is 4. The summed E-state index contributed by atoms with van der Waals surface area (Å²) < 4.78 is 20.9. The van der Waals surface area contributed by atoms with Crippen molar-refractivity contribution in [3.8, 4) is 0 Å². The zero-order valence-electron chi connectivity index (χ0n) is 12.6. The molecule has 5 heteroatoms. The minimum absolute atomic E-state index is 0.116. The first-order chi connectivity index (χ1) is 9.10. The summed E-state index contributed by atoms with van der Waals surface area (Å²) in [6, 6.07) is 0. The molecule has 2 unspecified atom stereocenters. The fourth-order valence-electron chi connectivity index (χ4n) is 1.27. The molecule has 5 nitrogen and oxygen atoms in total. The SMILES string of the molecule is CCCCOC(C)OCC(=O)OC(C)OCCCC. The van der Waals surface area contributed by atoms with Crippen molar-refractivity contribution in [2.45, 2.75) is 66.0 Å². The molecule has 0 aromatic heterocycles. The summed E-state index contributed by atoms with van der Waals surface area (Å²) in [6.07, 6.45) is 3.15. The van der Waals surface area contributed by atoms with Crippen LogP contribution in [0.3, 0.4) is 0 Å². The van der Waals surface area contributed by atoms with Gasteiger partial charge in [0.25, 0.3) is 0 Å². The average Bonchev–Trinajstić information content (AvgIpc) is 2.37. The number of carbonyl (C=O) groups excluding carboxylic acids is 1. The molecule has 2 atom stereocenters. The molecular weight excluding hydrogens is 248 g/mol. The van der Waals surface area contributed by atoms with Crippen LogP contribution in [0.25, 0.3) is 0 Å². The topological polar surface area (TPSA) is 54.0 Å². The van der Waals surface area contributed by atoms with Crippen LogP contribution in [0.5, 0.6) is 0 Å². The summed E-state index contributed by atoms with van der Waals surface area (Å²) in [5, 5.41) is 0. The van der Waals surface area contributed by atoms with Crippen LogP contribution in [0.2, 0.25) is 0 Å². The van der Waals surface area contributed by atoms with Crippen LogP contribution in [-0.4, -0.2) is 38.4 Å². The minimum atomic E-state index is -0.529. The van der Waals surface area contributed by atoms with Gasteiger partial charge in [-0.2, -0.15) is 0 Å². The maximum Gasteiger partial charge on any atom is 0.334 e. The van der Waals surface area contributed by atoms with E-state index in [1.807, 2.05) is 0 Å². The molecule has 0 N–H and O–H groups in total. The van der Waals surface area contributed by atoms with Crippen molar-refractivity contribution in [3.63, 3.8) is 0 Å². The van der Waals surface area contributed by atoms with E-state index in [1.54, 1.807) is 13.8 Å². The molecule has 0 spiro atoms. The molecule has 0 heterocycles. The Morgan fingerprint density at radius 3 is 1.95 bits per heavy atom. The highest BCUT2D eigenvalue weighted by atomic mass is 16.7. The molecule has 0 radical (unpaired) electrons. The Hall–Kier alpha value is -0.650. The van der Waals surface area contributed by atoms with Crippen LogP contribution < -0.4 is 0 Å². The fraction of sp³-hybridized carbons (Fsp3) is 0.929. The van der Waals surface area contributed by atoms with Gasteiger partial charge in [-0.25, -0.2) is 4.79 Å². The van der Waals surface area contributed by atoms with Crippen LogP contribution in [0.1, 0.15) is 53.4 Å². The summed E-state index contributed by atoms with van der Waals surface area (Å²) in [5.74, 6) is -0.435. The highest BCUT2D eigenvalue weighted by Crippen LogP contribution is 2.00. The van der Waals surface area contributed by atoms with Crippen molar-refractivity contribution >= 4 is 5.97 Å². The first kappa shape index (κ1) is 18.4. The van der Waals surface area contributed by atoms with E-state index in [1.165, 1.54) is 0 Å². The molecule has 0 fully saturated rings. The largest absolute Gasteiger partial charge is 0.434 e. The Bertz CT molecular complexity index is 220. The van der Waals surface area contributed by atoms with Crippen LogP contribution in [0.15, 0.2) is 0 Å². The standard InChI is InChI=1S/C14H28O5/c1-5-7-9-16-12(3)18-11-14(15)19-13(4)17-10-8-6-2/h12-13H,5-11H2,1-4H3. The van der Waals surface area contributed by atoms with Gasteiger partial charge in [-0.1, -0.05) is 26.7 Å². The number of esters is 1. The maximum absolute atomic E-state index is 11.4. The van der Waals surface area contributed by atoms with Gasteiger partial charge in [0.2, 0.25) is 0 Å². The van der Waals surface area contributed by atoms with Crippen molar-refractivity contribution in [1.29, 1.82) is 0 Å². The van der Waals surface area contributed by atoms with Crippen molar-refractivity contribution in [2.24, 2.45) is 0 Å². The van der Waals surface area contributed by atoms with E-state index in [9.17, 15) is 4.79 Å². The van der Waals surface area contributed by atoms with Crippen molar-refractivity contribution in [1.82, 2.24) is 0 Å². The predicted octanol–water partition coefficient (Wildman–Crippen LogP) is 2.87. The van der Waals surface area contributed by atoms with Gasteiger partial charge < -0.3 is 18.9 Å². The number of carbonyl (C=O) groups is 1. The summed E-state index contributed by atoms with van der Waals surface area (Å²) in [7, 11) is 0. The molecule has 19 heavy (non-hydrogen) atoms. The third kappa shape index (κ3) is 12.1. The van der Waals surface area contributed by atoms with Gasteiger partial charge in [0.1, 0.15) is 6.61 Å². The molecule has 0 aromatic carbocycles. The van der Waals surface area contributed by atoms with Crippen molar-refractivity contribution in [2.75, 3.05) is 19.8 Å². The van der Waals surface area contributed by atoms with Crippen LogP contribution in [0.4, 0.5) is 0 Å². The lowest BCUT2D eigenvalue weighted by atomic mass is 10.4. The Labute approximate surface area is 116 Å². The van der Waals surface area contributed by atoms with Gasteiger partial charge in [-0.05, 0) is 26.7 Å². The maximum atomic E-state index is 11.4. The third-order valence-corrected chi connectivity index (χ3v) is 2.43. The summed E-state index contributed by atoms with van der Waals surface area (Å²) in [6.45, 7) is 8.76. The minimum Gasteiger partial charge on any atom is -0.434 e. The van der Waals surface area contributed by atoms with Crippen LogP contribution >= 0.6 is 0 Å². The second-order valence-corrected chi connectivity index (χ2v) is 4.38. The predicted molar refractivity (Wildman–Crippen MR) is 72.7 cm³/mol. The number of hydrogen-bond acceptors (Lipinski definition) is 5. The van der Waals surface area contributed by atoms with Gasteiger partial charge >= 0.3 is 5.97 Å². The number of unbranched alkanes of at least 4 members (excludes halogenated alkanes) is 2. The van der Waals surface area contributed by atoms with E-state index < -0.39 is 18.5 Å². The lowest BCUT2D eigenvalue weighted by molar-refractivity contribution is -0.191. The quantitative estimate of drug-likeness (QED) is 0.312. The van der Waals surface area contributed by atoms with Crippen LogP contribution in [0, 0.1) is 0 Å².